The fourth-order valence-corrected chi connectivity index (χ4v) is 5.42. The van der Waals surface area contributed by atoms with E-state index in [0.717, 1.165) is 24.0 Å². The van der Waals surface area contributed by atoms with Crippen LogP contribution in [0, 0.1) is 5.92 Å². The number of amides is 2. The molecule has 1 N–H and O–H groups in total. The van der Waals surface area contributed by atoms with Gasteiger partial charge in [0.1, 0.15) is 18.5 Å². The van der Waals surface area contributed by atoms with E-state index in [4.69, 9.17) is 14.2 Å². The Morgan fingerprint density at radius 2 is 1.88 bits per heavy atom. The minimum Gasteiger partial charge on any atom is -0.494 e. The van der Waals surface area contributed by atoms with Crippen molar-refractivity contribution in [2.24, 2.45) is 5.92 Å². The average Bonchev–Trinajstić information content (AvgIpc) is 3.76. The maximum Gasteiger partial charge on any atom is 0.338 e. The average molecular weight is 599 g/mol. The van der Waals surface area contributed by atoms with Crippen LogP contribution in [-0.4, -0.2) is 67.0 Å². The first-order valence-corrected chi connectivity index (χ1v) is 14.7. The van der Waals surface area contributed by atoms with Gasteiger partial charge >= 0.3 is 17.9 Å². The predicted octanol–water partition coefficient (Wildman–Crippen LogP) is 4.56. The third-order valence-electron chi connectivity index (χ3n) is 8.00. The number of nitrogens with one attached hydrogen (secondary N) is 1. The number of ether oxygens (including phenoxy) is 3. The van der Waals surface area contributed by atoms with Gasteiger partial charge in [-0.05, 0) is 67.0 Å². The molecule has 2 aromatic carbocycles. The van der Waals surface area contributed by atoms with Crippen LogP contribution in [0.5, 0.6) is 5.75 Å². The SMILES string of the molecule is CC(F)(F)C(=O)NC(CCOc1ccc(C(=O)O[C@H]2CCCN(C(=O)[C@H]3COC(=O)C3)C2)cc1)c1cccc(C2CC2)c1. The number of cyclic esters (lactones) is 1. The number of hydrogen-bond acceptors (Lipinski definition) is 7. The lowest BCUT2D eigenvalue weighted by molar-refractivity contribution is -0.144. The molecule has 0 radical (unpaired) electrons. The van der Waals surface area contributed by atoms with Crippen LogP contribution in [0.25, 0.3) is 0 Å². The molecular weight excluding hydrogens is 562 g/mol. The van der Waals surface area contributed by atoms with E-state index in [1.165, 1.54) is 0 Å². The lowest BCUT2D eigenvalue weighted by atomic mass is 9.99. The molecule has 2 saturated heterocycles. The summed E-state index contributed by atoms with van der Waals surface area (Å²) in [4.78, 5) is 50.6. The van der Waals surface area contributed by atoms with E-state index in [1.807, 2.05) is 24.3 Å². The van der Waals surface area contributed by atoms with Crippen LogP contribution >= 0.6 is 0 Å². The molecule has 2 aliphatic heterocycles. The molecule has 2 amide bonds. The molecule has 43 heavy (non-hydrogen) atoms. The van der Waals surface area contributed by atoms with Crippen LogP contribution in [0.1, 0.15) is 78.9 Å². The van der Waals surface area contributed by atoms with Crippen molar-refractivity contribution in [3.63, 3.8) is 0 Å². The number of benzene rings is 2. The highest BCUT2D eigenvalue weighted by molar-refractivity contribution is 5.90. The van der Waals surface area contributed by atoms with Crippen LogP contribution < -0.4 is 10.1 Å². The lowest BCUT2D eigenvalue weighted by Gasteiger charge is -2.33. The Labute approximate surface area is 248 Å². The van der Waals surface area contributed by atoms with Crippen molar-refractivity contribution in [1.82, 2.24) is 10.2 Å². The summed E-state index contributed by atoms with van der Waals surface area (Å²) in [5, 5.41) is 2.46. The monoisotopic (exact) mass is 598 g/mol. The van der Waals surface area contributed by atoms with Crippen molar-refractivity contribution in [1.29, 1.82) is 0 Å². The maximum atomic E-state index is 13.7. The predicted molar refractivity (Wildman–Crippen MR) is 151 cm³/mol. The van der Waals surface area contributed by atoms with Crippen molar-refractivity contribution < 1.29 is 42.2 Å². The smallest absolute Gasteiger partial charge is 0.338 e. The second-order valence-electron chi connectivity index (χ2n) is 11.6. The number of carbonyl (C=O) groups excluding carboxylic acids is 4. The van der Waals surface area contributed by atoms with Crippen molar-refractivity contribution in [3.8, 4) is 5.75 Å². The van der Waals surface area contributed by atoms with E-state index in [2.05, 4.69) is 5.32 Å². The van der Waals surface area contributed by atoms with Gasteiger partial charge in [-0.15, -0.1) is 0 Å². The first-order chi connectivity index (χ1) is 20.6. The number of halogens is 2. The number of hydrogen-bond donors (Lipinski definition) is 1. The topological polar surface area (TPSA) is 111 Å². The molecule has 3 atom stereocenters. The maximum absolute atomic E-state index is 13.7. The highest BCUT2D eigenvalue weighted by Gasteiger charge is 2.36. The summed E-state index contributed by atoms with van der Waals surface area (Å²) in [6.45, 7) is 1.61. The molecule has 2 aromatic rings. The fourth-order valence-electron chi connectivity index (χ4n) is 5.42. The number of likely N-dealkylation sites (tertiary alicyclic amines) is 1. The van der Waals surface area contributed by atoms with Gasteiger partial charge in [0.25, 0.3) is 5.91 Å². The molecule has 230 valence electrons. The first kappa shape index (κ1) is 30.4. The molecule has 3 aliphatic rings. The van der Waals surface area contributed by atoms with Gasteiger partial charge < -0.3 is 24.4 Å². The van der Waals surface area contributed by atoms with Crippen molar-refractivity contribution in [2.75, 3.05) is 26.3 Å². The van der Waals surface area contributed by atoms with Gasteiger partial charge in [0.05, 0.1) is 37.1 Å². The Bertz CT molecular complexity index is 1340. The largest absolute Gasteiger partial charge is 0.494 e. The minimum absolute atomic E-state index is 0.0752. The molecular formula is C32H36F2N2O7. The van der Waals surface area contributed by atoms with Gasteiger partial charge in [0.15, 0.2) is 0 Å². The minimum atomic E-state index is -3.51. The van der Waals surface area contributed by atoms with Gasteiger partial charge in [-0.2, -0.15) is 8.78 Å². The summed E-state index contributed by atoms with van der Waals surface area (Å²) in [5.74, 6) is -5.45. The number of carbonyl (C=O) groups is 4. The highest BCUT2D eigenvalue weighted by Crippen LogP contribution is 2.40. The fraction of sp³-hybridized carbons (Fsp3) is 0.500. The Morgan fingerprint density at radius 3 is 2.56 bits per heavy atom. The Hall–Kier alpha value is -4.02. The van der Waals surface area contributed by atoms with E-state index in [-0.39, 0.29) is 44.5 Å². The van der Waals surface area contributed by atoms with Gasteiger partial charge in [0.2, 0.25) is 5.91 Å². The van der Waals surface area contributed by atoms with Crippen molar-refractivity contribution in [3.05, 3.63) is 65.2 Å². The summed E-state index contributed by atoms with van der Waals surface area (Å²) in [5.41, 5.74) is 2.20. The standard InChI is InChI=1S/C32H36F2N2O7/c1-32(33,34)31(40)35-27(23-5-2-4-22(16-23)20-7-8-20)13-15-41-25-11-9-21(10-12-25)30(39)43-26-6-3-14-36(18-26)29(38)24-17-28(37)42-19-24/h2,4-5,9-12,16,20,24,26-27H,3,6-8,13-15,17-19H2,1H3,(H,35,40)/t24-,26+,27?/m1/s1. The molecule has 3 fully saturated rings. The van der Waals surface area contributed by atoms with Crippen LogP contribution in [0.3, 0.4) is 0 Å². The van der Waals surface area contributed by atoms with Crippen LogP contribution in [0.2, 0.25) is 0 Å². The van der Waals surface area contributed by atoms with Crippen molar-refractivity contribution >= 4 is 23.8 Å². The van der Waals surface area contributed by atoms with Gasteiger partial charge in [-0.25, -0.2) is 4.79 Å². The molecule has 1 aliphatic carbocycles. The van der Waals surface area contributed by atoms with Crippen LogP contribution in [0.15, 0.2) is 48.5 Å². The zero-order chi connectivity index (χ0) is 30.6. The quantitative estimate of drug-likeness (QED) is 0.378. The van der Waals surface area contributed by atoms with E-state index < -0.39 is 35.9 Å². The summed E-state index contributed by atoms with van der Waals surface area (Å²) in [6, 6.07) is 13.4. The summed E-state index contributed by atoms with van der Waals surface area (Å²) < 4.78 is 43.7. The van der Waals surface area contributed by atoms with Gasteiger partial charge in [-0.3, -0.25) is 14.4 Å². The molecule has 11 heteroatoms. The molecule has 9 nitrogen and oxygen atoms in total. The molecule has 1 saturated carbocycles. The summed E-state index contributed by atoms with van der Waals surface area (Å²) in [7, 11) is 0. The Morgan fingerprint density at radius 1 is 1.12 bits per heavy atom. The molecule has 0 spiro atoms. The third kappa shape index (κ3) is 8.09. The van der Waals surface area contributed by atoms with Crippen LogP contribution in [0.4, 0.5) is 8.78 Å². The second kappa shape index (κ2) is 13.1. The number of esters is 2. The van der Waals surface area contributed by atoms with Crippen molar-refractivity contribution in [2.45, 2.75) is 69.4 Å². The molecule has 0 bridgehead atoms. The zero-order valence-electron chi connectivity index (χ0n) is 24.1. The van der Waals surface area contributed by atoms with Crippen LogP contribution in [-0.2, 0) is 23.9 Å². The zero-order valence-corrected chi connectivity index (χ0v) is 24.1. The summed E-state index contributed by atoms with van der Waals surface area (Å²) in [6.07, 6.45) is 3.38. The summed E-state index contributed by atoms with van der Waals surface area (Å²) >= 11 is 0. The van der Waals surface area contributed by atoms with E-state index >= 15 is 0 Å². The van der Waals surface area contributed by atoms with Gasteiger partial charge in [-0.1, -0.05) is 24.3 Å². The second-order valence-corrected chi connectivity index (χ2v) is 11.6. The number of alkyl halides is 2. The number of rotatable bonds is 11. The van der Waals surface area contributed by atoms with E-state index in [9.17, 15) is 28.0 Å². The Balaban J connectivity index is 1.13. The normalized spacial score (nSPS) is 21.1. The lowest BCUT2D eigenvalue weighted by Crippen LogP contribution is -2.46. The molecule has 1 unspecified atom stereocenters. The highest BCUT2D eigenvalue weighted by atomic mass is 19.3. The number of piperidine rings is 1. The van der Waals surface area contributed by atoms with E-state index in [0.29, 0.717) is 43.5 Å². The number of nitrogens with zero attached hydrogens (tertiary/aromatic N) is 1. The third-order valence-corrected chi connectivity index (χ3v) is 8.00. The molecule has 0 aromatic heterocycles. The molecule has 2 heterocycles. The van der Waals surface area contributed by atoms with E-state index in [1.54, 1.807) is 29.2 Å². The Kier molecular flexibility index (Phi) is 9.27. The molecule has 5 rings (SSSR count). The first-order valence-electron chi connectivity index (χ1n) is 14.7. The van der Waals surface area contributed by atoms with Gasteiger partial charge in [0, 0.05) is 19.9 Å².